The van der Waals surface area contributed by atoms with Crippen LogP contribution in [0.15, 0.2) is 17.0 Å². The topological polar surface area (TPSA) is 96.0 Å². The highest BCUT2D eigenvalue weighted by Crippen LogP contribution is 2.36. The van der Waals surface area contributed by atoms with E-state index in [4.69, 9.17) is 4.74 Å². The summed E-state index contributed by atoms with van der Waals surface area (Å²) in [7, 11) is -2.02. The van der Waals surface area contributed by atoms with Crippen molar-refractivity contribution >= 4 is 27.5 Å². The number of sulfonamides is 1. The SMILES string of the molecule is CCCCN(C)C(=O)[C@H]1CCCN(S(=O)(=O)c2cc3c(cc2C)NC(=O)[C@@H](CC)O3)C1. The van der Waals surface area contributed by atoms with Crippen LogP contribution >= 0.6 is 0 Å². The predicted octanol–water partition coefficient (Wildman–Crippen LogP) is 2.76. The number of piperidine rings is 1. The number of rotatable bonds is 7. The van der Waals surface area contributed by atoms with Gasteiger partial charge >= 0.3 is 0 Å². The smallest absolute Gasteiger partial charge is 0.265 e. The number of hydrogen-bond acceptors (Lipinski definition) is 5. The van der Waals surface area contributed by atoms with E-state index in [0.717, 1.165) is 12.8 Å². The molecule has 0 radical (unpaired) electrons. The number of benzene rings is 1. The molecule has 9 heteroatoms. The second-order valence-electron chi connectivity index (χ2n) is 8.43. The first-order chi connectivity index (χ1) is 14.7. The van der Waals surface area contributed by atoms with Crippen molar-refractivity contribution in [1.82, 2.24) is 9.21 Å². The van der Waals surface area contributed by atoms with Crippen molar-refractivity contribution in [3.63, 3.8) is 0 Å². The Bertz CT molecular complexity index is 947. The molecule has 1 N–H and O–H groups in total. The molecule has 2 heterocycles. The zero-order chi connectivity index (χ0) is 22.8. The Labute approximate surface area is 185 Å². The van der Waals surface area contributed by atoms with E-state index in [1.54, 1.807) is 24.9 Å². The zero-order valence-corrected chi connectivity index (χ0v) is 19.6. The van der Waals surface area contributed by atoms with E-state index in [1.807, 2.05) is 6.92 Å². The van der Waals surface area contributed by atoms with E-state index in [-0.39, 0.29) is 29.2 Å². The Morgan fingerprint density at radius 2 is 2.06 bits per heavy atom. The van der Waals surface area contributed by atoms with Crippen LogP contribution in [0, 0.1) is 12.8 Å². The van der Waals surface area contributed by atoms with E-state index in [0.29, 0.717) is 49.4 Å². The standard InChI is InChI=1S/C22H33N3O5S/c1-5-7-10-24(4)22(27)16-9-8-11-25(14-16)31(28,29)20-13-19-17(12-15(20)3)23-21(26)18(6-2)30-19/h12-13,16,18H,5-11,14H2,1-4H3,(H,23,26)/t16-,18+/m0/s1. The summed E-state index contributed by atoms with van der Waals surface area (Å²) in [6.45, 7) is 6.87. The predicted molar refractivity (Wildman–Crippen MR) is 119 cm³/mol. The van der Waals surface area contributed by atoms with Crippen molar-refractivity contribution in [2.45, 2.75) is 63.9 Å². The number of amides is 2. The first-order valence-electron chi connectivity index (χ1n) is 11.1. The van der Waals surface area contributed by atoms with Gasteiger partial charge in [0.25, 0.3) is 5.91 Å². The minimum Gasteiger partial charge on any atom is -0.478 e. The van der Waals surface area contributed by atoms with Crippen LogP contribution in [0.1, 0.15) is 51.5 Å². The van der Waals surface area contributed by atoms with Gasteiger partial charge in [-0.2, -0.15) is 4.31 Å². The van der Waals surface area contributed by atoms with E-state index < -0.39 is 16.1 Å². The molecule has 1 aromatic carbocycles. The lowest BCUT2D eigenvalue weighted by atomic mass is 9.98. The van der Waals surface area contributed by atoms with Gasteiger partial charge in [0.05, 0.1) is 16.5 Å². The molecule has 2 amide bonds. The third-order valence-electron chi connectivity index (χ3n) is 6.04. The van der Waals surface area contributed by atoms with Gasteiger partial charge in [0.15, 0.2) is 6.10 Å². The van der Waals surface area contributed by atoms with Gasteiger partial charge in [0.1, 0.15) is 5.75 Å². The summed E-state index contributed by atoms with van der Waals surface area (Å²) in [6.07, 6.45) is 3.12. The van der Waals surface area contributed by atoms with Crippen LogP contribution in [0.2, 0.25) is 0 Å². The largest absolute Gasteiger partial charge is 0.478 e. The van der Waals surface area contributed by atoms with Crippen LogP contribution in [0.4, 0.5) is 5.69 Å². The van der Waals surface area contributed by atoms with Gasteiger partial charge in [-0.3, -0.25) is 9.59 Å². The Morgan fingerprint density at radius 3 is 2.74 bits per heavy atom. The lowest BCUT2D eigenvalue weighted by Crippen LogP contribution is -2.46. The maximum absolute atomic E-state index is 13.5. The Kier molecular flexibility index (Phi) is 7.26. The zero-order valence-electron chi connectivity index (χ0n) is 18.8. The van der Waals surface area contributed by atoms with Gasteiger partial charge in [0, 0.05) is 32.7 Å². The molecule has 2 aliphatic heterocycles. The van der Waals surface area contributed by atoms with Gasteiger partial charge in [-0.15, -0.1) is 0 Å². The van der Waals surface area contributed by atoms with Gasteiger partial charge in [-0.25, -0.2) is 8.42 Å². The first-order valence-corrected chi connectivity index (χ1v) is 12.5. The van der Waals surface area contributed by atoms with Crippen molar-refractivity contribution in [2.24, 2.45) is 5.92 Å². The summed E-state index contributed by atoms with van der Waals surface area (Å²) in [5, 5.41) is 2.79. The normalized spacial score (nSPS) is 21.7. The Balaban J connectivity index is 1.83. The lowest BCUT2D eigenvalue weighted by Gasteiger charge is -2.34. The highest BCUT2D eigenvalue weighted by molar-refractivity contribution is 7.89. The molecule has 1 aromatic rings. The molecular weight excluding hydrogens is 418 g/mol. The highest BCUT2D eigenvalue weighted by Gasteiger charge is 2.36. The number of carbonyl (C=O) groups is 2. The van der Waals surface area contributed by atoms with E-state index in [2.05, 4.69) is 12.2 Å². The molecule has 0 spiro atoms. The van der Waals surface area contributed by atoms with Crippen LogP contribution < -0.4 is 10.1 Å². The van der Waals surface area contributed by atoms with Crippen LogP contribution in [0.3, 0.4) is 0 Å². The van der Waals surface area contributed by atoms with E-state index in [1.165, 1.54) is 10.4 Å². The lowest BCUT2D eigenvalue weighted by molar-refractivity contribution is -0.135. The number of anilines is 1. The summed E-state index contributed by atoms with van der Waals surface area (Å²) in [5.41, 5.74) is 1.02. The van der Waals surface area contributed by atoms with Gasteiger partial charge < -0.3 is 15.0 Å². The average Bonchev–Trinajstić information content (AvgIpc) is 2.76. The second kappa shape index (κ2) is 9.56. The van der Waals surface area contributed by atoms with Gasteiger partial charge in [0.2, 0.25) is 15.9 Å². The van der Waals surface area contributed by atoms with Crippen molar-refractivity contribution in [2.75, 3.05) is 32.0 Å². The third kappa shape index (κ3) is 4.87. The number of carbonyl (C=O) groups excluding carboxylic acids is 2. The monoisotopic (exact) mass is 451 g/mol. The molecule has 2 atom stereocenters. The molecular formula is C22H33N3O5S. The molecule has 2 aliphatic rings. The van der Waals surface area contributed by atoms with E-state index in [9.17, 15) is 18.0 Å². The fourth-order valence-electron chi connectivity index (χ4n) is 4.15. The van der Waals surface area contributed by atoms with Crippen molar-refractivity contribution in [1.29, 1.82) is 0 Å². The van der Waals surface area contributed by atoms with E-state index >= 15 is 0 Å². The highest BCUT2D eigenvalue weighted by atomic mass is 32.2. The number of nitrogens with zero attached hydrogens (tertiary/aromatic N) is 2. The van der Waals surface area contributed by atoms with Crippen LogP contribution in [0.25, 0.3) is 0 Å². The summed E-state index contributed by atoms with van der Waals surface area (Å²) in [4.78, 5) is 26.7. The van der Waals surface area contributed by atoms with Crippen molar-refractivity contribution < 1.29 is 22.7 Å². The Morgan fingerprint density at radius 1 is 1.32 bits per heavy atom. The third-order valence-corrected chi connectivity index (χ3v) is 8.05. The number of ether oxygens (including phenoxy) is 1. The fourth-order valence-corrected chi connectivity index (χ4v) is 5.90. The quantitative estimate of drug-likeness (QED) is 0.688. The average molecular weight is 452 g/mol. The fraction of sp³-hybridized carbons (Fsp3) is 0.636. The summed E-state index contributed by atoms with van der Waals surface area (Å²) < 4.78 is 34.1. The molecule has 0 aliphatic carbocycles. The maximum atomic E-state index is 13.5. The summed E-state index contributed by atoms with van der Waals surface area (Å²) >= 11 is 0. The second-order valence-corrected chi connectivity index (χ2v) is 10.3. The molecule has 0 saturated carbocycles. The van der Waals surface area contributed by atoms with Crippen LogP contribution in [0.5, 0.6) is 5.75 Å². The van der Waals surface area contributed by atoms with Gasteiger partial charge in [-0.05, 0) is 44.2 Å². The number of nitrogens with one attached hydrogen (secondary N) is 1. The minimum atomic E-state index is -3.80. The molecule has 0 bridgehead atoms. The molecule has 3 rings (SSSR count). The first kappa shape index (κ1) is 23.5. The summed E-state index contributed by atoms with van der Waals surface area (Å²) in [6, 6.07) is 3.14. The molecule has 1 fully saturated rings. The maximum Gasteiger partial charge on any atom is 0.265 e. The number of fused-ring (bicyclic) bond motifs is 1. The van der Waals surface area contributed by atoms with Crippen molar-refractivity contribution in [3.05, 3.63) is 17.7 Å². The number of unbranched alkanes of at least 4 members (excludes halogenated alkanes) is 1. The van der Waals surface area contributed by atoms with Crippen LogP contribution in [-0.4, -0.2) is 62.2 Å². The minimum absolute atomic E-state index is 0.00680. The molecule has 1 saturated heterocycles. The van der Waals surface area contributed by atoms with Gasteiger partial charge in [-0.1, -0.05) is 20.3 Å². The molecule has 31 heavy (non-hydrogen) atoms. The molecule has 8 nitrogen and oxygen atoms in total. The summed E-state index contributed by atoms with van der Waals surface area (Å²) in [5.74, 6) is -0.190. The number of aryl methyl sites for hydroxylation is 1. The molecule has 172 valence electrons. The molecule has 0 aromatic heterocycles. The Hall–Kier alpha value is -2.13. The molecule has 0 unspecified atom stereocenters. The van der Waals surface area contributed by atoms with Crippen LogP contribution in [-0.2, 0) is 19.6 Å². The number of hydrogen-bond donors (Lipinski definition) is 1. The van der Waals surface area contributed by atoms with Crippen molar-refractivity contribution in [3.8, 4) is 5.75 Å².